The third-order valence-corrected chi connectivity index (χ3v) is 3.49. The number of nitrogens with one attached hydrogen (secondary N) is 1. The van der Waals surface area contributed by atoms with Crippen molar-refractivity contribution in [2.45, 2.75) is 38.3 Å². The van der Waals surface area contributed by atoms with Crippen LogP contribution in [-0.4, -0.2) is 24.9 Å². The normalized spacial score (nSPS) is 18.4. The van der Waals surface area contributed by atoms with E-state index in [0.717, 1.165) is 24.6 Å². The number of aliphatic hydroxyl groups is 1. The van der Waals surface area contributed by atoms with Crippen LogP contribution in [0.3, 0.4) is 0 Å². The number of ether oxygens (including phenoxy) is 1. The predicted octanol–water partition coefficient (Wildman–Crippen LogP) is 2.51. The van der Waals surface area contributed by atoms with Crippen molar-refractivity contribution >= 4 is 0 Å². The number of hydrogen-bond acceptors (Lipinski definition) is 3. The summed E-state index contributed by atoms with van der Waals surface area (Å²) in [5.41, 5.74) is 1.32. The van der Waals surface area contributed by atoms with Crippen molar-refractivity contribution in [2.24, 2.45) is 5.92 Å². The van der Waals surface area contributed by atoms with Crippen LogP contribution in [0, 0.1) is 5.92 Å². The molecule has 1 aromatic carbocycles. The summed E-state index contributed by atoms with van der Waals surface area (Å²) in [6.07, 6.45) is 3.18. The molecule has 0 heterocycles. The third kappa shape index (κ3) is 3.72. The lowest BCUT2D eigenvalue weighted by atomic mass is 10.0. The van der Waals surface area contributed by atoms with E-state index in [0.29, 0.717) is 6.04 Å². The zero-order chi connectivity index (χ0) is 13.0. The molecule has 0 saturated heterocycles. The first-order valence-corrected chi connectivity index (χ1v) is 6.76. The third-order valence-electron chi connectivity index (χ3n) is 3.49. The van der Waals surface area contributed by atoms with Crippen molar-refractivity contribution in [1.82, 2.24) is 5.32 Å². The van der Waals surface area contributed by atoms with Crippen molar-refractivity contribution < 1.29 is 9.84 Å². The molecule has 1 aliphatic rings. The van der Waals surface area contributed by atoms with Gasteiger partial charge in [0, 0.05) is 6.04 Å². The maximum absolute atomic E-state index is 9.30. The number of hydrogen-bond donors (Lipinski definition) is 2. The van der Waals surface area contributed by atoms with Gasteiger partial charge in [-0.25, -0.2) is 0 Å². The van der Waals surface area contributed by atoms with Gasteiger partial charge in [-0.1, -0.05) is 12.1 Å². The Bertz CT molecular complexity index is 357. The van der Waals surface area contributed by atoms with E-state index in [1.54, 1.807) is 7.11 Å². The molecule has 0 aliphatic heterocycles. The first-order chi connectivity index (χ1) is 8.70. The van der Waals surface area contributed by atoms with E-state index in [2.05, 4.69) is 17.4 Å². The van der Waals surface area contributed by atoms with Crippen LogP contribution in [0.4, 0.5) is 0 Å². The van der Waals surface area contributed by atoms with Gasteiger partial charge in [0.25, 0.3) is 0 Å². The van der Waals surface area contributed by atoms with Crippen LogP contribution in [0.25, 0.3) is 0 Å². The standard InChI is InChI=1S/C15H23NO2/c1-11(17)9-10-16-15(12-3-4-12)13-5-7-14(18-2)8-6-13/h5-8,11-12,15-17H,3-4,9-10H2,1-2H3. The van der Waals surface area contributed by atoms with Gasteiger partial charge in [-0.3, -0.25) is 0 Å². The molecule has 1 aromatic rings. The van der Waals surface area contributed by atoms with E-state index < -0.39 is 0 Å². The lowest BCUT2D eigenvalue weighted by Crippen LogP contribution is -2.26. The summed E-state index contributed by atoms with van der Waals surface area (Å²) < 4.78 is 5.18. The van der Waals surface area contributed by atoms with E-state index in [9.17, 15) is 5.11 Å². The molecule has 2 atom stereocenters. The molecule has 0 aromatic heterocycles. The second kappa shape index (κ2) is 6.21. The molecule has 1 aliphatic carbocycles. The molecule has 3 nitrogen and oxygen atoms in total. The van der Waals surface area contributed by atoms with E-state index in [4.69, 9.17) is 4.74 Å². The average molecular weight is 249 g/mol. The fourth-order valence-corrected chi connectivity index (χ4v) is 2.25. The second-order valence-electron chi connectivity index (χ2n) is 5.18. The zero-order valence-corrected chi connectivity index (χ0v) is 11.2. The monoisotopic (exact) mass is 249 g/mol. The van der Waals surface area contributed by atoms with E-state index in [1.165, 1.54) is 18.4 Å². The molecule has 18 heavy (non-hydrogen) atoms. The van der Waals surface area contributed by atoms with Crippen molar-refractivity contribution in [3.05, 3.63) is 29.8 Å². The minimum absolute atomic E-state index is 0.228. The summed E-state index contributed by atoms with van der Waals surface area (Å²) in [5, 5.41) is 12.9. The van der Waals surface area contributed by atoms with Crippen LogP contribution in [0.15, 0.2) is 24.3 Å². The lowest BCUT2D eigenvalue weighted by molar-refractivity contribution is 0.181. The quantitative estimate of drug-likeness (QED) is 0.780. The van der Waals surface area contributed by atoms with Gasteiger partial charge in [-0.05, 0) is 56.3 Å². The molecule has 2 unspecified atom stereocenters. The largest absolute Gasteiger partial charge is 0.497 e. The highest BCUT2D eigenvalue weighted by Crippen LogP contribution is 2.41. The number of methoxy groups -OCH3 is 1. The Morgan fingerprint density at radius 2 is 2.00 bits per heavy atom. The Kier molecular flexibility index (Phi) is 4.61. The number of benzene rings is 1. The maximum Gasteiger partial charge on any atom is 0.118 e. The van der Waals surface area contributed by atoms with Gasteiger partial charge in [0.05, 0.1) is 13.2 Å². The Morgan fingerprint density at radius 3 is 2.50 bits per heavy atom. The van der Waals surface area contributed by atoms with Gasteiger partial charge < -0.3 is 15.2 Å². The maximum atomic E-state index is 9.30. The first-order valence-electron chi connectivity index (χ1n) is 6.76. The van der Waals surface area contributed by atoms with E-state index >= 15 is 0 Å². The fraction of sp³-hybridized carbons (Fsp3) is 0.600. The molecule has 1 saturated carbocycles. The van der Waals surface area contributed by atoms with Crippen LogP contribution >= 0.6 is 0 Å². The number of rotatable bonds is 7. The molecule has 2 N–H and O–H groups in total. The predicted molar refractivity (Wildman–Crippen MR) is 72.8 cm³/mol. The van der Waals surface area contributed by atoms with E-state index in [-0.39, 0.29) is 6.10 Å². The molecule has 0 spiro atoms. The van der Waals surface area contributed by atoms with Gasteiger partial charge in [0.1, 0.15) is 5.75 Å². The molecule has 1 fully saturated rings. The van der Waals surface area contributed by atoms with Gasteiger partial charge in [0.2, 0.25) is 0 Å². The van der Waals surface area contributed by atoms with Crippen LogP contribution in [-0.2, 0) is 0 Å². The van der Waals surface area contributed by atoms with Crippen LogP contribution in [0.5, 0.6) is 5.75 Å². The lowest BCUT2D eigenvalue weighted by Gasteiger charge is -2.19. The smallest absolute Gasteiger partial charge is 0.118 e. The van der Waals surface area contributed by atoms with Gasteiger partial charge in [-0.15, -0.1) is 0 Å². The van der Waals surface area contributed by atoms with Crippen molar-refractivity contribution in [2.75, 3.05) is 13.7 Å². The molecule has 3 heteroatoms. The Morgan fingerprint density at radius 1 is 1.33 bits per heavy atom. The molecule has 2 rings (SSSR count). The Balaban J connectivity index is 1.95. The Labute approximate surface area is 109 Å². The Hall–Kier alpha value is -1.06. The minimum Gasteiger partial charge on any atom is -0.497 e. The van der Waals surface area contributed by atoms with Gasteiger partial charge in [-0.2, -0.15) is 0 Å². The van der Waals surface area contributed by atoms with Crippen LogP contribution in [0.2, 0.25) is 0 Å². The highest BCUT2D eigenvalue weighted by Gasteiger charge is 2.31. The summed E-state index contributed by atoms with van der Waals surface area (Å²) in [6.45, 7) is 2.70. The average Bonchev–Trinajstić information content (AvgIpc) is 3.19. The molecule has 0 radical (unpaired) electrons. The fourth-order valence-electron chi connectivity index (χ4n) is 2.25. The van der Waals surface area contributed by atoms with Crippen molar-refractivity contribution in [3.8, 4) is 5.75 Å². The topological polar surface area (TPSA) is 41.5 Å². The van der Waals surface area contributed by atoms with Crippen LogP contribution < -0.4 is 10.1 Å². The summed E-state index contributed by atoms with van der Waals surface area (Å²) in [6, 6.07) is 8.73. The molecular weight excluding hydrogens is 226 g/mol. The summed E-state index contributed by atoms with van der Waals surface area (Å²) in [5.74, 6) is 1.66. The highest BCUT2D eigenvalue weighted by atomic mass is 16.5. The molecule has 0 amide bonds. The van der Waals surface area contributed by atoms with Gasteiger partial charge >= 0.3 is 0 Å². The molecular formula is C15H23NO2. The van der Waals surface area contributed by atoms with Crippen molar-refractivity contribution in [3.63, 3.8) is 0 Å². The van der Waals surface area contributed by atoms with E-state index in [1.807, 2.05) is 19.1 Å². The summed E-state index contributed by atoms with van der Waals surface area (Å²) in [4.78, 5) is 0. The van der Waals surface area contributed by atoms with Crippen LogP contribution in [0.1, 0.15) is 37.8 Å². The molecule has 100 valence electrons. The summed E-state index contributed by atoms with van der Waals surface area (Å²) >= 11 is 0. The minimum atomic E-state index is -0.228. The highest BCUT2D eigenvalue weighted by molar-refractivity contribution is 5.30. The SMILES string of the molecule is COc1ccc(C(NCCC(C)O)C2CC2)cc1. The molecule has 0 bridgehead atoms. The number of aliphatic hydroxyl groups excluding tert-OH is 1. The first kappa shape index (κ1) is 13.4. The summed E-state index contributed by atoms with van der Waals surface area (Å²) in [7, 11) is 1.69. The second-order valence-corrected chi connectivity index (χ2v) is 5.18. The van der Waals surface area contributed by atoms with Gasteiger partial charge in [0.15, 0.2) is 0 Å². The van der Waals surface area contributed by atoms with Crippen molar-refractivity contribution in [1.29, 1.82) is 0 Å². The zero-order valence-electron chi connectivity index (χ0n) is 11.2.